The highest BCUT2D eigenvalue weighted by Gasteiger charge is 2.22. The Balaban J connectivity index is 2.38. The molecule has 0 aliphatic heterocycles. The number of thiophene rings is 1. The monoisotopic (exact) mass is 332 g/mol. The highest BCUT2D eigenvalue weighted by Crippen LogP contribution is 2.25. The Kier molecular flexibility index (Phi) is 3.87. The van der Waals surface area contributed by atoms with Crippen LogP contribution in [-0.2, 0) is 20.0 Å². The van der Waals surface area contributed by atoms with Crippen molar-refractivity contribution in [3.63, 3.8) is 0 Å². The molecular formula is C11H12N2O4S3. The molecule has 1 aromatic heterocycles. The van der Waals surface area contributed by atoms with Gasteiger partial charge in [-0.05, 0) is 35.7 Å². The molecule has 9 heteroatoms. The first kappa shape index (κ1) is 15.0. The van der Waals surface area contributed by atoms with Gasteiger partial charge in [0, 0.05) is 7.05 Å². The van der Waals surface area contributed by atoms with E-state index in [1.54, 1.807) is 11.4 Å². The molecule has 20 heavy (non-hydrogen) atoms. The summed E-state index contributed by atoms with van der Waals surface area (Å²) < 4.78 is 48.1. The average Bonchev–Trinajstić information content (AvgIpc) is 2.91. The van der Waals surface area contributed by atoms with Gasteiger partial charge in [-0.3, -0.25) is 4.31 Å². The molecule has 0 saturated carbocycles. The fraction of sp³-hybridized carbons (Fsp3) is 0.0909. The molecule has 0 spiro atoms. The quantitative estimate of drug-likeness (QED) is 0.910. The van der Waals surface area contributed by atoms with Gasteiger partial charge in [0.05, 0.1) is 10.6 Å². The maximum absolute atomic E-state index is 12.3. The topological polar surface area (TPSA) is 97.5 Å². The number of hydrogen-bond acceptors (Lipinski definition) is 5. The summed E-state index contributed by atoms with van der Waals surface area (Å²) in [6, 6.07) is 8.48. The number of rotatable bonds is 4. The first-order valence-corrected chi connectivity index (χ1v) is 9.25. The summed E-state index contributed by atoms with van der Waals surface area (Å²) in [5.41, 5.74) is 0.353. The summed E-state index contributed by atoms with van der Waals surface area (Å²) >= 11 is 1.11. The van der Waals surface area contributed by atoms with Gasteiger partial charge >= 0.3 is 0 Å². The van der Waals surface area contributed by atoms with E-state index in [2.05, 4.69) is 0 Å². The second-order valence-corrected chi connectivity index (χ2v) is 8.65. The summed E-state index contributed by atoms with van der Waals surface area (Å²) in [6.07, 6.45) is 0. The normalized spacial score (nSPS) is 12.3. The van der Waals surface area contributed by atoms with Crippen molar-refractivity contribution in [1.29, 1.82) is 0 Å². The minimum atomic E-state index is -3.79. The molecule has 108 valence electrons. The van der Waals surface area contributed by atoms with E-state index in [9.17, 15) is 16.8 Å². The van der Waals surface area contributed by atoms with Gasteiger partial charge in [-0.25, -0.2) is 22.0 Å². The van der Waals surface area contributed by atoms with Crippen molar-refractivity contribution in [2.75, 3.05) is 11.4 Å². The Morgan fingerprint density at radius 2 is 1.65 bits per heavy atom. The molecule has 1 heterocycles. The molecule has 0 saturated heterocycles. The molecule has 0 radical (unpaired) electrons. The van der Waals surface area contributed by atoms with E-state index in [1.165, 1.54) is 37.4 Å². The van der Waals surface area contributed by atoms with E-state index in [1.807, 2.05) is 0 Å². The van der Waals surface area contributed by atoms with Crippen molar-refractivity contribution in [2.45, 2.75) is 9.10 Å². The molecular weight excluding hydrogens is 320 g/mol. The third kappa shape index (κ3) is 2.85. The molecule has 0 fully saturated rings. The third-order valence-electron chi connectivity index (χ3n) is 2.64. The zero-order valence-corrected chi connectivity index (χ0v) is 12.9. The maximum Gasteiger partial charge on any atom is 0.273 e. The third-order valence-corrected chi connectivity index (χ3v) is 6.73. The predicted octanol–water partition coefficient (Wildman–Crippen LogP) is 1.22. The molecule has 0 unspecified atom stereocenters. The molecule has 1 aromatic carbocycles. The number of hydrogen-bond donors (Lipinski definition) is 1. The second kappa shape index (κ2) is 5.17. The summed E-state index contributed by atoms with van der Waals surface area (Å²) in [5, 5.41) is 6.66. The van der Waals surface area contributed by atoms with Crippen LogP contribution < -0.4 is 9.44 Å². The number of anilines is 1. The number of nitrogens with two attached hydrogens (primary N) is 1. The zero-order valence-electron chi connectivity index (χ0n) is 10.4. The fourth-order valence-electron chi connectivity index (χ4n) is 1.53. The Labute approximate surface area is 121 Å². The number of benzene rings is 1. The van der Waals surface area contributed by atoms with Crippen LogP contribution in [0.1, 0.15) is 0 Å². The van der Waals surface area contributed by atoms with Gasteiger partial charge in [0.15, 0.2) is 0 Å². The predicted molar refractivity (Wildman–Crippen MR) is 77.7 cm³/mol. The highest BCUT2D eigenvalue weighted by atomic mass is 32.2. The minimum absolute atomic E-state index is 0.0665. The molecule has 0 aliphatic carbocycles. The van der Waals surface area contributed by atoms with Gasteiger partial charge in [0.2, 0.25) is 10.0 Å². The van der Waals surface area contributed by atoms with Crippen molar-refractivity contribution >= 4 is 37.1 Å². The average molecular weight is 332 g/mol. The summed E-state index contributed by atoms with van der Waals surface area (Å²) in [5.74, 6) is 0. The van der Waals surface area contributed by atoms with Crippen LogP contribution in [0.25, 0.3) is 0 Å². The number of sulfonamides is 2. The molecule has 2 rings (SSSR count). The van der Waals surface area contributed by atoms with E-state index in [-0.39, 0.29) is 9.10 Å². The molecule has 0 aliphatic rings. The van der Waals surface area contributed by atoms with Gasteiger partial charge in [-0.15, -0.1) is 11.3 Å². The SMILES string of the molecule is CN(c1ccc(S(N)(=O)=O)cc1)S(=O)(=O)c1cccs1. The molecule has 0 atom stereocenters. The van der Waals surface area contributed by atoms with Crippen molar-refractivity contribution in [3.8, 4) is 0 Å². The van der Waals surface area contributed by atoms with Crippen LogP contribution in [0.3, 0.4) is 0 Å². The van der Waals surface area contributed by atoms with Crippen molar-refractivity contribution in [1.82, 2.24) is 0 Å². The zero-order chi connectivity index (χ0) is 15.0. The van der Waals surface area contributed by atoms with Crippen LogP contribution in [-0.4, -0.2) is 23.9 Å². The first-order chi connectivity index (χ1) is 9.23. The van der Waals surface area contributed by atoms with Crippen LogP contribution in [0, 0.1) is 0 Å². The Morgan fingerprint density at radius 3 is 2.10 bits per heavy atom. The Morgan fingerprint density at radius 1 is 1.05 bits per heavy atom. The second-order valence-electron chi connectivity index (χ2n) is 3.94. The lowest BCUT2D eigenvalue weighted by molar-refractivity contribution is 0.596. The largest absolute Gasteiger partial charge is 0.273 e. The lowest BCUT2D eigenvalue weighted by Crippen LogP contribution is -2.25. The Bertz CT molecular complexity index is 794. The molecule has 6 nitrogen and oxygen atoms in total. The summed E-state index contributed by atoms with van der Waals surface area (Å²) in [4.78, 5) is -0.0665. The van der Waals surface area contributed by atoms with Crippen molar-refractivity contribution in [3.05, 3.63) is 41.8 Å². The lowest BCUT2D eigenvalue weighted by Gasteiger charge is -2.18. The smallest absolute Gasteiger partial charge is 0.269 e. The molecule has 0 amide bonds. The van der Waals surface area contributed by atoms with Crippen LogP contribution in [0.4, 0.5) is 5.69 Å². The van der Waals surface area contributed by atoms with Crippen LogP contribution >= 0.6 is 11.3 Å². The number of nitrogens with zero attached hydrogens (tertiary/aromatic N) is 1. The Hall–Kier alpha value is -1.42. The number of primary sulfonamides is 1. The van der Waals surface area contributed by atoms with E-state index >= 15 is 0 Å². The van der Waals surface area contributed by atoms with Crippen LogP contribution in [0.5, 0.6) is 0 Å². The molecule has 0 bridgehead atoms. The minimum Gasteiger partial charge on any atom is -0.269 e. The van der Waals surface area contributed by atoms with Gasteiger partial charge in [-0.1, -0.05) is 6.07 Å². The van der Waals surface area contributed by atoms with Crippen molar-refractivity contribution < 1.29 is 16.8 Å². The van der Waals surface area contributed by atoms with Gasteiger partial charge in [0.25, 0.3) is 10.0 Å². The summed E-state index contributed by atoms with van der Waals surface area (Å²) in [6.45, 7) is 0. The molecule has 2 N–H and O–H groups in total. The van der Waals surface area contributed by atoms with Gasteiger partial charge in [0.1, 0.15) is 4.21 Å². The first-order valence-electron chi connectivity index (χ1n) is 5.38. The fourth-order valence-corrected chi connectivity index (χ4v) is 4.40. The van der Waals surface area contributed by atoms with Crippen LogP contribution in [0.2, 0.25) is 0 Å². The van der Waals surface area contributed by atoms with Crippen LogP contribution in [0.15, 0.2) is 50.9 Å². The standard InChI is InChI=1S/C11H12N2O4S3/c1-13(20(16,17)11-3-2-8-18-11)9-4-6-10(7-5-9)19(12,14)15/h2-8H,1H3,(H2,12,14,15). The van der Waals surface area contributed by atoms with E-state index < -0.39 is 20.0 Å². The van der Waals surface area contributed by atoms with Gasteiger partial charge in [-0.2, -0.15) is 0 Å². The van der Waals surface area contributed by atoms with E-state index in [0.29, 0.717) is 5.69 Å². The molecule has 2 aromatic rings. The van der Waals surface area contributed by atoms with E-state index in [4.69, 9.17) is 5.14 Å². The van der Waals surface area contributed by atoms with Crippen molar-refractivity contribution in [2.24, 2.45) is 5.14 Å². The highest BCUT2D eigenvalue weighted by molar-refractivity contribution is 7.94. The summed E-state index contributed by atoms with van der Waals surface area (Å²) in [7, 11) is -6.01. The van der Waals surface area contributed by atoms with Gasteiger partial charge < -0.3 is 0 Å². The lowest BCUT2D eigenvalue weighted by atomic mass is 10.3. The van der Waals surface area contributed by atoms with E-state index in [0.717, 1.165) is 15.6 Å². The maximum atomic E-state index is 12.3.